The molecule has 0 bridgehead atoms. The molecule has 0 radical (unpaired) electrons. The van der Waals surface area contributed by atoms with E-state index in [0.29, 0.717) is 5.41 Å². The van der Waals surface area contributed by atoms with E-state index in [-0.39, 0.29) is 0 Å². The van der Waals surface area contributed by atoms with Crippen LogP contribution in [0.3, 0.4) is 0 Å². The molecule has 0 aromatic rings. The summed E-state index contributed by atoms with van der Waals surface area (Å²) >= 11 is 0. The summed E-state index contributed by atoms with van der Waals surface area (Å²) in [5.74, 6) is 1.03. The highest BCUT2D eigenvalue weighted by Gasteiger charge is 2.36. The lowest BCUT2D eigenvalue weighted by Crippen LogP contribution is -2.21. The zero-order valence-corrected chi connectivity index (χ0v) is 7.41. The predicted molar refractivity (Wildman–Crippen MR) is 45.0 cm³/mol. The van der Waals surface area contributed by atoms with Crippen LogP contribution < -0.4 is 5.32 Å². The molecule has 1 N–H and O–H groups in total. The molecule has 60 valence electrons. The third-order valence-electron chi connectivity index (χ3n) is 2.70. The fourth-order valence-corrected chi connectivity index (χ4v) is 1.52. The van der Waals surface area contributed by atoms with Crippen LogP contribution in [0.1, 0.15) is 33.1 Å². The first-order chi connectivity index (χ1) is 4.67. The Bertz CT molecular complexity index is 103. The van der Waals surface area contributed by atoms with Gasteiger partial charge < -0.3 is 5.32 Å². The second kappa shape index (κ2) is 2.91. The minimum atomic E-state index is 0.600. The second-order valence-electron chi connectivity index (χ2n) is 4.12. The van der Waals surface area contributed by atoms with Crippen LogP contribution >= 0.6 is 0 Å². The molecule has 1 rings (SSSR count). The molecule has 0 atom stereocenters. The van der Waals surface area contributed by atoms with Crippen molar-refractivity contribution in [1.82, 2.24) is 5.32 Å². The minimum Gasteiger partial charge on any atom is -0.320 e. The van der Waals surface area contributed by atoms with Crippen LogP contribution in [0.5, 0.6) is 0 Å². The molecule has 0 spiro atoms. The lowest BCUT2D eigenvalue weighted by atomic mass is 9.84. The van der Waals surface area contributed by atoms with E-state index < -0.39 is 0 Å². The molecule has 0 heterocycles. The Balaban J connectivity index is 2.20. The lowest BCUT2D eigenvalue weighted by molar-refractivity contribution is 0.282. The third kappa shape index (κ3) is 1.98. The monoisotopic (exact) mass is 141 g/mol. The van der Waals surface area contributed by atoms with Gasteiger partial charge >= 0.3 is 0 Å². The Hall–Kier alpha value is -0.0400. The topological polar surface area (TPSA) is 12.0 Å². The van der Waals surface area contributed by atoms with Crippen molar-refractivity contribution in [3.05, 3.63) is 0 Å². The first kappa shape index (κ1) is 8.06. The molecule has 1 aliphatic rings. The molecule has 0 aromatic heterocycles. The van der Waals surface area contributed by atoms with Crippen molar-refractivity contribution in [2.45, 2.75) is 33.1 Å². The standard InChI is InChI=1S/C9H19N/c1-9(2,6-7-10-3)8-4-5-8/h8,10H,4-7H2,1-3H3. The first-order valence-corrected chi connectivity index (χ1v) is 4.31. The van der Waals surface area contributed by atoms with E-state index in [0.717, 1.165) is 5.92 Å². The minimum absolute atomic E-state index is 0.600. The van der Waals surface area contributed by atoms with Gasteiger partial charge in [-0.25, -0.2) is 0 Å². The fourth-order valence-electron chi connectivity index (χ4n) is 1.52. The molecule has 1 heteroatoms. The molecule has 1 fully saturated rings. The van der Waals surface area contributed by atoms with Crippen molar-refractivity contribution in [3.63, 3.8) is 0 Å². The number of nitrogens with one attached hydrogen (secondary N) is 1. The highest BCUT2D eigenvalue weighted by Crippen LogP contribution is 2.46. The SMILES string of the molecule is CNCCC(C)(C)C1CC1. The molecular weight excluding hydrogens is 122 g/mol. The Morgan fingerprint density at radius 2 is 2.00 bits per heavy atom. The van der Waals surface area contributed by atoms with Crippen LogP contribution in [0.4, 0.5) is 0 Å². The van der Waals surface area contributed by atoms with Crippen molar-refractivity contribution < 1.29 is 0 Å². The van der Waals surface area contributed by atoms with Crippen LogP contribution in [0, 0.1) is 11.3 Å². The molecule has 1 aliphatic carbocycles. The van der Waals surface area contributed by atoms with Gasteiger partial charge in [-0.05, 0) is 44.2 Å². The van der Waals surface area contributed by atoms with Gasteiger partial charge in [-0.1, -0.05) is 13.8 Å². The van der Waals surface area contributed by atoms with Crippen LogP contribution in [-0.4, -0.2) is 13.6 Å². The highest BCUT2D eigenvalue weighted by molar-refractivity contribution is 4.87. The van der Waals surface area contributed by atoms with E-state index in [1.54, 1.807) is 0 Å². The average molecular weight is 141 g/mol. The molecule has 0 saturated heterocycles. The normalized spacial score (nSPS) is 19.5. The third-order valence-corrected chi connectivity index (χ3v) is 2.70. The largest absolute Gasteiger partial charge is 0.320 e. The summed E-state index contributed by atoms with van der Waals surface area (Å²) in [6.07, 6.45) is 4.27. The highest BCUT2D eigenvalue weighted by atomic mass is 14.8. The lowest BCUT2D eigenvalue weighted by Gasteiger charge is -2.23. The van der Waals surface area contributed by atoms with Crippen molar-refractivity contribution in [2.24, 2.45) is 11.3 Å². The van der Waals surface area contributed by atoms with Gasteiger partial charge in [-0.15, -0.1) is 0 Å². The Kier molecular flexibility index (Phi) is 2.35. The van der Waals surface area contributed by atoms with E-state index in [4.69, 9.17) is 0 Å². The van der Waals surface area contributed by atoms with Crippen LogP contribution in [-0.2, 0) is 0 Å². The van der Waals surface area contributed by atoms with Gasteiger partial charge in [0.15, 0.2) is 0 Å². The number of rotatable bonds is 4. The zero-order valence-electron chi connectivity index (χ0n) is 7.41. The van der Waals surface area contributed by atoms with Gasteiger partial charge in [-0.2, -0.15) is 0 Å². The summed E-state index contributed by atoms with van der Waals surface area (Å²) < 4.78 is 0. The maximum atomic E-state index is 3.21. The van der Waals surface area contributed by atoms with Gasteiger partial charge in [0.1, 0.15) is 0 Å². The van der Waals surface area contributed by atoms with Gasteiger partial charge in [-0.3, -0.25) is 0 Å². The van der Waals surface area contributed by atoms with Crippen LogP contribution in [0.2, 0.25) is 0 Å². The molecule has 1 nitrogen and oxygen atoms in total. The van der Waals surface area contributed by atoms with Crippen LogP contribution in [0.15, 0.2) is 0 Å². The van der Waals surface area contributed by atoms with E-state index in [2.05, 4.69) is 19.2 Å². The van der Waals surface area contributed by atoms with Crippen LogP contribution in [0.25, 0.3) is 0 Å². The smallest absolute Gasteiger partial charge is 0.00467 e. The van der Waals surface area contributed by atoms with E-state index in [9.17, 15) is 0 Å². The van der Waals surface area contributed by atoms with E-state index in [1.807, 2.05) is 7.05 Å². The molecule has 1 saturated carbocycles. The van der Waals surface area contributed by atoms with Crippen molar-refractivity contribution >= 4 is 0 Å². The molecule has 0 aliphatic heterocycles. The number of hydrogen-bond acceptors (Lipinski definition) is 1. The molecular formula is C9H19N. The Labute approximate surface area is 64.2 Å². The molecule has 0 amide bonds. The Morgan fingerprint density at radius 3 is 2.40 bits per heavy atom. The summed E-state index contributed by atoms with van der Waals surface area (Å²) in [5, 5.41) is 3.21. The maximum Gasteiger partial charge on any atom is -0.00467 e. The summed E-state index contributed by atoms with van der Waals surface area (Å²) in [7, 11) is 2.03. The van der Waals surface area contributed by atoms with Crippen molar-refractivity contribution in [3.8, 4) is 0 Å². The van der Waals surface area contributed by atoms with Crippen molar-refractivity contribution in [1.29, 1.82) is 0 Å². The Morgan fingerprint density at radius 1 is 1.40 bits per heavy atom. The molecule has 0 aromatic carbocycles. The van der Waals surface area contributed by atoms with E-state index >= 15 is 0 Å². The molecule has 0 unspecified atom stereocenters. The average Bonchev–Trinajstić information content (AvgIpc) is 2.64. The zero-order chi connectivity index (χ0) is 7.61. The van der Waals surface area contributed by atoms with Gasteiger partial charge in [0.25, 0.3) is 0 Å². The van der Waals surface area contributed by atoms with Gasteiger partial charge in [0.2, 0.25) is 0 Å². The second-order valence-corrected chi connectivity index (χ2v) is 4.12. The number of hydrogen-bond donors (Lipinski definition) is 1. The summed E-state index contributed by atoms with van der Waals surface area (Å²) in [5.41, 5.74) is 0.600. The summed E-state index contributed by atoms with van der Waals surface area (Å²) in [6.45, 7) is 5.95. The maximum absolute atomic E-state index is 3.21. The fraction of sp³-hybridized carbons (Fsp3) is 1.00. The first-order valence-electron chi connectivity index (χ1n) is 4.31. The quantitative estimate of drug-likeness (QED) is 0.631. The van der Waals surface area contributed by atoms with E-state index in [1.165, 1.54) is 25.8 Å². The summed E-state index contributed by atoms with van der Waals surface area (Å²) in [6, 6.07) is 0. The molecule has 10 heavy (non-hydrogen) atoms. The van der Waals surface area contributed by atoms with Gasteiger partial charge in [0, 0.05) is 0 Å². The van der Waals surface area contributed by atoms with Gasteiger partial charge in [0.05, 0.1) is 0 Å². The predicted octanol–water partition coefficient (Wildman–Crippen LogP) is 2.03. The summed E-state index contributed by atoms with van der Waals surface area (Å²) in [4.78, 5) is 0. The van der Waals surface area contributed by atoms with Crippen molar-refractivity contribution in [2.75, 3.05) is 13.6 Å².